The fraction of sp³-hybridized carbons (Fsp3) is 0.214. The van der Waals surface area contributed by atoms with Gasteiger partial charge < -0.3 is 5.32 Å². The molecule has 0 aliphatic heterocycles. The van der Waals surface area contributed by atoms with E-state index in [2.05, 4.69) is 18.5 Å². The number of amides is 1. The summed E-state index contributed by atoms with van der Waals surface area (Å²) in [6, 6.07) is 9.47. The first-order valence-corrected chi connectivity index (χ1v) is 7.51. The Morgan fingerprint density at radius 3 is 2.47 bits per heavy atom. The number of hydrogen-bond acceptors (Lipinski definition) is 3. The van der Waals surface area contributed by atoms with Crippen LogP contribution < -0.4 is 5.32 Å². The quantitative estimate of drug-likeness (QED) is 0.827. The monoisotopic (exact) mass is 279 g/mol. The molecule has 0 aromatic heterocycles. The first-order chi connectivity index (χ1) is 8.94. The normalized spacial score (nSPS) is 10.7. The minimum atomic E-state index is -3.32. The first-order valence-electron chi connectivity index (χ1n) is 5.79. The van der Waals surface area contributed by atoms with Crippen LogP contribution in [0.2, 0.25) is 0 Å². The van der Waals surface area contributed by atoms with Gasteiger partial charge in [0, 0.05) is 18.4 Å². The molecule has 1 rings (SSSR count). The second kappa shape index (κ2) is 6.89. The third-order valence-electron chi connectivity index (χ3n) is 2.55. The molecule has 0 saturated heterocycles. The van der Waals surface area contributed by atoms with Crippen molar-refractivity contribution in [2.24, 2.45) is 0 Å². The molecule has 1 N–H and O–H groups in total. The zero-order valence-electron chi connectivity index (χ0n) is 10.6. The maximum Gasteiger partial charge on any atom is 0.221 e. The lowest BCUT2D eigenvalue weighted by molar-refractivity contribution is -0.120. The van der Waals surface area contributed by atoms with Gasteiger partial charge in [-0.1, -0.05) is 43.5 Å². The SMILES string of the molecule is C=CS(=O)(=O)CCC(=O)NCC(=C)c1ccccc1. The van der Waals surface area contributed by atoms with Gasteiger partial charge in [-0.05, 0) is 11.1 Å². The van der Waals surface area contributed by atoms with Gasteiger partial charge in [-0.25, -0.2) is 8.42 Å². The van der Waals surface area contributed by atoms with E-state index in [1.165, 1.54) is 0 Å². The molecular weight excluding hydrogens is 262 g/mol. The van der Waals surface area contributed by atoms with Crippen molar-refractivity contribution in [3.63, 3.8) is 0 Å². The molecule has 1 aromatic rings. The Morgan fingerprint density at radius 2 is 1.89 bits per heavy atom. The molecule has 0 atom stereocenters. The minimum absolute atomic E-state index is 0.0730. The summed E-state index contributed by atoms with van der Waals surface area (Å²) in [5.41, 5.74) is 1.72. The highest BCUT2D eigenvalue weighted by Crippen LogP contribution is 2.09. The molecule has 0 spiro atoms. The Kier molecular flexibility index (Phi) is 5.51. The van der Waals surface area contributed by atoms with E-state index in [1.54, 1.807) is 0 Å². The van der Waals surface area contributed by atoms with Crippen LogP contribution >= 0.6 is 0 Å². The van der Waals surface area contributed by atoms with Crippen LogP contribution in [-0.4, -0.2) is 26.6 Å². The maximum absolute atomic E-state index is 11.5. The Bertz CT molecular complexity index is 562. The van der Waals surface area contributed by atoms with Gasteiger partial charge in [-0.3, -0.25) is 4.79 Å². The fourth-order valence-electron chi connectivity index (χ4n) is 1.39. The lowest BCUT2D eigenvalue weighted by atomic mass is 10.1. The average Bonchev–Trinajstić information content (AvgIpc) is 2.43. The Hall–Kier alpha value is -1.88. The van der Waals surface area contributed by atoms with Crippen LogP contribution in [0.1, 0.15) is 12.0 Å². The predicted octanol–water partition coefficient (Wildman–Crippen LogP) is 1.76. The smallest absolute Gasteiger partial charge is 0.221 e. The predicted molar refractivity (Wildman–Crippen MR) is 77.1 cm³/mol. The third-order valence-corrected chi connectivity index (χ3v) is 3.83. The van der Waals surface area contributed by atoms with Gasteiger partial charge in [-0.2, -0.15) is 0 Å². The number of nitrogens with one attached hydrogen (secondary N) is 1. The van der Waals surface area contributed by atoms with Gasteiger partial charge in [0.05, 0.1) is 5.75 Å². The number of carbonyl (C=O) groups is 1. The lowest BCUT2D eigenvalue weighted by Crippen LogP contribution is -2.26. The fourth-order valence-corrected chi connectivity index (χ4v) is 2.02. The van der Waals surface area contributed by atoms with Crippen LogP contribution in [0, 0.1) is 0 Å². The summed E-state index contributed by atoms with van der Waals surface area (Å²) in [7, 11) is -3.32. The number of carbonyl (C=O) groups excluding carboxylic acids is 1. The van der Waals surface area contributed by atoms with Crippen LogP contribution in [0.25, 0.3) is 5.57 Å². The lowest BCUT2D eigenvalue weighted by Gasteiger charge is -2.08. The summed E-state index contributed by atoms with van der Waals surface area (Å²) in [5.74, 6) is -0.539. The van der Waals surface area contributed by atoms with Crippen molar-refractivity contribution in [1.29, 1.82) is 0 Å². The molecule has 0 unspecified atom stereocenters. The number of rotatable bonds is 7. The molecule has 4 nitrogen and oxygen atoms in total. The summed E-state index contributed by atoms with van der Waals surface area (Å²) in [4.78, 5) is 11.5. The van der Waals surface area contributed by atoms with Crippen molar-refractivity contribution in [3.8, 4) is 0 Å². The molecule has 1 amide bonds. The van der Waals surface area contributed by atoms with E-state index in [-0.39, 0.29) is 18.1 Å². The zero-order chi connectivity index (χ0) is 14.3. The van der Waals surface area contributed by atoms with Crippen molar-refractivity contribution in [3.05, 3.63) is 54.5 Å². The minimum Gasteiger partial charge on any atom is -0.352 e. The Morgan fingerprint density at radius 1 is 1.26 bits per heavy atom. The zero-order valence-corrected chi connectivity index (χ0v) is 11.4. The summed E-state index contributed by atoms with van der Waals surface area (Å²) in [6.45, 7) is 7.37. The van der Waals surface area contributed by atoms with Gasteiger partial charge in [0.1, 0.15) is 0 Å². The van der Waals surface area contributed by atoms with Gasteiger partial charge in [0.25, 0.3) is 0 Å². The highest BCUT2D eigenvalue weighted by Gasteiger charge is 2.09. The highest BCUT2D eigenvalue weighted by molar-refractivity contribution is 7.94. The van der Waals surface area contributed by atoms with Crippen molar-refractivity contribution in [1.82, 2.24) is 5.32 Å². The van der Waals surface area contributed by atoms with Crippen molar-refractivity contribution >= 4 is 21.3 Å². The summed E-state index contributed by atoms with van der Waals surface area (Å²) in [5, 5.41) is 3.50. The van der Waals surface area contributed by atoms with Crippen LogP contribution in [0.5, 0.6) is 0 Å². The molecule has 19 heavy (non-hydrogen) atoms. The van der Waals surface area contributed by atoms with Gasteiger partial charge in [0.2, 0.25) is 5.91 Å². The number of hydrogen-bond donors (Lipinski definition) is 1. The Labute approximate surface area is 113 Å². The molecule has 0 bridgehead atoms. The van der Waals surface area contributed by atoms with E-state index in [0.29, 0.717) is 6.54 Å². The van der Waals surface area contributed by atoms with Gasteiger partial charge in [-0.15, -0.1) is 0 Å². The summed E-state index contributed by atoms with van der Waals surface area (Å²) < 4.78 is 22.3. The first kappa shape index (κ1) is 15.2. The van der Waals surface area contributed by atoms with Crippen LogP contribution in [-0.2, 0) is 14.6 Å². The average molecular weight is 279 g/mol. The maximum atomic E-state index is 11.5. The number of sulfone groups is 1. The van der Waals surface area contributed by atoms with Crippen molar-refractivity contribution < 1.29 is 13.2 Å². The largest absolute Gasteiger partial charge is 0.352 e. The topological polar surface area (TPSA) is 63.2 Å². The molecule has 1 aromatic carbocycles. The van der Waals surface area contributed by atoms with E-state index in [4.69, 9.17) is 0 Å². The third kappa shape index (κ3) is 5.52. The standard InChI is InChI=1S/C14H17NO3S/c1-3-19(17,18)10-9-14(16)15-11-12(2)13-7-5-4-6-8-13/h3-8H,1-2,9-11H2,(H,15,16). The molecule has 0 fully saturated rings. The highest BCUT2D eigenvalue weighted by atomic mass is 32.2. The van der Waals surface area contributed by atoms with Crippen LogP contribution in [0.15, 0.2) is 48.9 Å². The van der Waals surface area contributed by atoms with E-state index in [1.807, 2.05) is 30.3 Å². The molecule has 102 valence electrons. The van der Waals surface area contributed by atoms with E-state index >= 15 is 0 Å². The summed E-state index contributed by atoms with van der Waals surface area (Å²) >= 11 is 0. The van der Waals surface area contributed by atoms with E-state index < -0.39 is 9.84 Å². The molecule has 5 heteroatoms. The van der Waals surface area contributed by atoms with Gasteiger partial charge >= 0.3 is 0 Å². The molecule has 0 aliphatic rings. The van der Waals surface area contributed by atoms with E-state index in [9.17, 15) is 13.2 Å². The van der Waals surface area contributed by atoms with Crippen LogP contribution in [0.4, 0.5) is 0 Å². The molecule has 0 aliphatic carbocycles. The van der Waals surface area contributed by atoms with Crippen molar-refractivity contribution in [2.45, 2.75) is 6.42 Å². The molecule has 0 saturated carbocycles. The second-order valence-corrected chi connectivity index (χ2v) is 6.10. The van der Waals surface area contributed by atoms with Crippen LogP contribution in [0.3, 0.4) is 0 Å². The van der Waals surface area contributed by atoms with E-state index in [0.717, 1.165) is 16.5 Å². The molecule has 0 heterocycles. The van der Waals surface area contributed by atoms with Crippen molar-refractivity contribution in [2.75, 3.05) is 12.3 Å². The Balaban J connectivity index is 2.39. The molecule has 0 radical (unpaired) electrons. The number of benzene rings is 1. The molecular formula is C14H17NO3S. The second-order valence-electron chi connectivity index (χ2n) is 4.03. The van der Waals surface area contributed by atoms with Gasteiger partial charge in [0.15, 0.2) is 9.84 Å². The summed E-state index contributed by atoms with van der Waals surface area (Å²) in [6.07, 6.45) is -0.0730.